The molecule has 0 aliphatic rings. The van der Waals surface area contributed by atoms with Crippen molar-refractivity contribution in [3.8, 4) is 0 Å². The van der Waals surface area contributed by atoms with E-state index in [1.165, 1.54) is 16.9 Å². The fraction of sp³-hybridized carbons (Fsp3) is 0.308. The maximum absolute atomic E-state index is 11.6. The van der Waals surface area contributed by atoms with E-state index in [2.05, 4.69) is 25.1 Å². The molecule has 0 N–H and O–H groups in total. The van der Waals surface area contributed by atoms with Gasteiger partial charge in [0.1, 0.15) is 4.88 Å². The molecule has 84 valence electrons. The summed E-state index contributed by atoms with van der Waals surface area (Å²) in [7, 11) is 0. The molecule has 2 rings (SSSR count). The Hall–Kier alpha value is -1.35. The number of esters is 1. The van der Waals surface area contributed by atoms with Crippen LogP contribution in [0.15, 0.2) is 24.3 Å². The molecule has 2 aromatic rings. The van der Waals surface area contributed by atoms with Gasteiger partial charge in [-0.3, -0.25) is 0 Å². The van der Waals surface area contributed by atoms with Crippen LogP contribution in [0.4, 0.5) is 0 Å². The van der Waals surface area contributed by atoms with Crippen LogP contribution in [0.3, 0.4) is 0 Å². The summed E-state index contributed by atoms with van der Waals surface area (Å²) < 4.78 is 6.12. The summed E-state index contributed by atoms with van der Waals surface area (Å²) in [6.07, 6.45) is 1.01. The van der Waals surface area contributed by atoms with Gasteiger partial charge >= 0.3 is 5.97 Å². The molecule has 2 nitrogen and oxygen atoms in total. The predicted octanol–water partition coefficient (Wildman–Crippen LogP) is 3.64. The first-order valence-electron chi connectivity index (χ1n) is 5.44. The lowest BCUT2D eigenvalue weighted by atomic mass is 10.1. The van der Waals surface area contributed by atoms with Gasteiger partial charge in [-0.15, -0.1) is 11.3 Å². The van der Waals surface area contributed by atoms with Crippen molar-refractivity contribution < 1.29 is 9.53 Å². The molecule has 3 heteroatoms. The minimum atomic E-state index is -0.221. The maximum atomic E-state index is 11.6. The van der Waals surface area contributed by atoms with Crippen LogP contribution >= 0.6 is 11.3 Å². The number of carbonyl (C=O) groups is 1. The molecule has 0 aliphatic heterocycles. The van der Waals surface area contributed by atoms with Gasteiger partial charge in [0.15, 0.2) is 0 Å². The minimum absolute atomic E-state index is 0.221. The first-order chi connectivity index (χ1) is 7.74. The van der Waals surface area contributed by atoms with Gasteiger partial charge < -0.3 is 4.74 Å². The molecule has 16 heavy (non-hydrogen) atoms. The molecule has 0 fully saturated rings. The van der Waals surface area contributed by atoms with Gasteiger partial charge in [0.2, 0.25) is 0 Å². The van der Waals surface area contributed by atoms with E-state index in [0.717, 1.165) is 16.5 Å². The monoisotopic (exact) mass is 234 g/mol. The SMILES string of the molecule is CCOC(=O)c1cc2cc(CC)ccc2s1. The molecule has 0 radical (unpaired) electrons. The van der Waals surface area contributed by atoms with E-state index >= 15 is 0 Å². The summed E-state index contributed by atoms with van der Waals surface area (Å²) in [6.45, 7) is 4.37. The molecule has 1 aromatic carbocycles. The van der Waals surface area contributed by atoms with E-state index in [1.807, 2.05) is 13.0 Å². The summed E-state index contributed by atoms with van der Waals surface area (Å²) in [6, 6.07) is 8.22. The van der Waals surface area contributed by atoms with E-state index < -0.39 is 0 Å². The standard InChI is InChI=1S/C13H14O2S/c1-3-9-5-6-11-10(7-9)8-12(16-11)13(14)15-4-2/h5-8H,3-4H2,1-2H3. The molecule has 0 amide bonds. The van der Waals surface area contributed by atoms with Crippen LogP contribution in [-0.2, 0) is 11.2 Å². The van der Waals surface area contributed by atoms with Crippen molar-refractivity contribution in [1.29, 1.82) is 0 Å². The molecular formula is C13H14O2S. The number of fused-ring (bicyclic) bond motifs is 1. The number of hydrogen-bond donors (Lipinski definition) is 0. The number of benzene rings is 1. The third kappa shape index (κ3) is 2.09. The number of ether oxygens (including phenoxy) is 1. The van der Waals surface area contributed by atoms with Gasteiger partial charge in [-0.1, -0.05) is 19.1 Å². The number of carbonyl (C=O) groups excluding carboxylic acids is 1. The molecule has 0 atom stereocenters. The van der Waals surface area contributed by atoms with Crippen LogP contribution in [-0.4, -0.2) is 12.6 Å². The minimum Gasteiger partial charge on any atom is -0.462 e. The lowest BCUT2D eigenvalue weighted by Gasteiger charge is -1.95. The van der Waals surface area contributed by atoms with E-state index in [1.54, 1.807) is 0 Å². The second-order valence-electron chi connectivity index (χ2n) is 3.56. The van der Waals surface area contributed by atoms with Crippen molar-refractivity contribution >= 4 is 27.4 Å². The van der Waals surface area contributed by atoms with Crippen molar-refractivity contribution in [2.24, 2.45) is 0 Å². The van der Waals surface area contributed by atoms with Gasteiger partial charge in [-0.05, 0) is 36.4 Å². The van der Waals surface area contributed by atoms with E-state index in [4.69, 9.17) is 4.74 Å². The second-order valence-corrected chi connectivity index (χ2v) is 4.64. The van der Waals surface area contributed by atoms with Crippen LogP contribution < -0.4 is 0 Å². The predicted molar refractivity (Wildman–Crippen MR) is 67.2 cm³/mol. The van der Waals surface area contributed by atoms with Crippen LogP contribution in [0, 0.1) is 0 Å². The van der Waals surface area contributed by atoms with Crippen molar-refractivity contribution in [1.82, 2.24) is 0 Å². The summed E-state index contributed by atoms with van der Waals surface area (Å²) in [5.74, 6) is -0.221. The van der Waals surface area contributed by atoms with E-state index in [-0.39, 0.29) is 5.97 Å². The summed E-state index contributed by atoms with van der Waals surface area (Å²) >= 11 is 1.49. The van der Waals surface area contributed by atoms with Crippen molar-refractivity contribution in [2.45, 2.75) is 20.3 Å². The zero-order valence-corrected chi connectivity index (χ0v) is 10.3. The van der Waals surface area contributed by atoms with Gasteiger partial charge in [0.25, 0.3) is 0 Å². The molecule has 0 bridgehead atoms. The highest BCUT2D eigenvalue weighted by atomic mass is 32.1. The Bertz CT molecular complexity index is 514. The lowest BCUT2D eigenvalue weighted by Crippen LogP contribution is -2.01. The van der Waals surface area contributed by atoms with Gasteiger partial charge in [-0.2, -0.15) is 0 Å². The van der Waals surface area contributed by atoms with Crippen molar-refractivity contribution in [2.75, 3.05) is 6.61 Å². The molecule has 1 heterocycles. The molecule has 1 aromatic heterocycles. The Balaban J connectivity index is 2.39. The van der Waals surface area contributed by atoms with Gasteiger partial charge in [0.05, 0.1) is 6.61 Å². The van der Waals surface area contributed by atoms with E-state index in [0.29, 0.717) is 11.5 Å². The number of rotatable bonds is 3. The molecule has 0 spiro atoms. The zero-order valence-electron chi connectivity index (χ0n) is 9.45. The maximum Gasteiger partial charge on any atom is 0.348 e. The topological polar surface area (TPSA) is 26.3 Å². The zero-order chi connectivity index (χ0) is 11.5. The third-order valence-electron chi connectivity index (χ3n) is 2.47. The van der Waals surface area contributed by atoms with Crippen LogP contribution in [0.25, 0.3) is 10.1 Å². The smallest absolute Gasteiger partial charge is 0.348 e. The molecule has 0 aliphatic carbocycles. The highest BCUT2D eigenvalue weighted by molar-refractivity contribution is 7.20. The highest BCUT2D eigenvalue weighted by Gasteiger charge is 2.10. The lowest BCUT2D eigenvalue weighted by molar-refractivity contribution is 0.0532. The fourth-order valence-electron chi connectivity index (χ4n) is 1.62. The first kappa shape index (κ1) is 11.1. The highest BCUT2D eigenvalue weighted by Crippen LogP contribution is 2.27. The number of thiophene rings is 1. The second kappa shape index (κ2) is 4.66. The summed E-state index contributed by atoms with van der Waals surface area (Å²) in [5, 5.41) is 1.13. The Labute approximate surface area is 98.9 Å². The van der Waals surface area contributed by atoms with Gasteiger partial charge in [0, 0.05) is 4.70 Å². The molecule has 0 saturated heterocycles. The Kier molecular flexibility index (Phi) is 3.25. The first-order valence-corrected chi connectivity index (χ1v) is 6.25. The number of aryl methyl sites for hydroxylation is 1. The Morgan fingerprint density at radius 1 is 1.31 bits per heavy atom. The van der Waals surface area contributed by atoms with Gasteiger partial charge in [-0.25, -0.2) is 4.79 Å². The fourth-order valence-corrected chi connectivity index (χ4v) is 2.55. The van der Waals surface area contributed by atoms with E-state index in [9.17, 15) is 4.79 Å². The summed E-state index contributed by atoms with van der Waals surface area (Å²) in [5.41, 5.74) is 1.29. The number of hydrogen-bond acceptors (Lipinski definition) is 3. The Morgan fingerprint density at radius 3 is 2.81 bits per heavy atom. The molecule has 0 saturated carbocycles. The van der Waals surface area contributed by atoms with Crippen LogP contribution in [0.2, 0.25) is 0 Å². The molecular weight excluding hydrogens is 220 g/mol. The Morgan fingerprint density at radius 2 is 2.12 bits per heavy atom. The normalized spacial score (nSPS) is 10.6. The average molecular weight is 234 g/mol. The average Bonchev–Trinajstić information content (AvgIpc) is 2.71. The summed E-state index contributed by atoms with van der Waals surface area (Å²) in [4.78, 5) is 12.2. The van der Waals surface area contributed by atoms with Crippen LogP contribution in [0.5, 0.6) is 0 Å². The third-order valence-corrected chi connectivity index (χ3v) is 3.56. The van der Waals surface area contributed by atoms with Crippen molar-refractivity contribution in [3.63, 3.8) is 0 Å². The van der Waals surface area contributed by atoms with Crippen molar-refractivity contribution in [3.05, 3.63) is 34.7 Å². The quantitative estimate of drug-likeness (QED) is 0.758. The van der Waals surface area contributed by atoms with Crippen LogP contribution in [0.1, 0.15) is 29.1 Å². The molecule has 0 unspecified atom stereocenters. The largest absolute Gasteiger partial charge is 0.462 e.